The molecule has 0 aliphatic rings. The number of hydrogen-bond donors (Lipinski definition) is 0. The summed E-state index contributed by atoms with van der Waals surface area (Å²) in [6.45, 7) is 6.56. The van der Waals surface area contributed by atoms with Crippen LogP contribution in [0.2, 0.25) is 0 Å². The molecule has 13 heavy (non-hydrogen) atoms. The van der Waals surface area contributed by atoms with E-state index in [0.29, 0.717) is 0 Å². The maximum Gasteiger partial charge on any atom is 0.307 e. The van der Waals surface area contributed by atoms with Gasteiger partial charge < -0.3 is 4.74 Å². The van der Waals surface area contributed by atoms with Crippen LogP contribution in [0.3, 0.4) is 0 Å². The zero-order valence-electron chi connectivity index (χ0n) is 8.16. The van der Waals surface area contributed by atoms with Crippen LogP contribution in [0.1, 0.15) is 26.7 Å². The third-order valence-corrected chi connectivity index (χ3v) is 0.919. The van der Waals surface area contributed by atoms with Gasteiger partial charge in [0.1, 0.15) is 6.29 Å². The number of ether oxygens (including phenoxy) is 1. The Morgan fingerprint density at radius 2 is 2.15 bits per heavy atom. The van der Waals surface area contributed by atoms with E-state index in [1.807, 2.05) is 6.08 Å². The first kappa shape index (κ1) is 14.2. The Kier molecular flexibility index (Phi) is 14.4. The van der Waals surface area contributed by atoms with Crippen molar-refractivity contribution < 1.29 is 14.3 Å². The maximum atomic E-state index is 9.75. The zero-order valence-corrected chi connectivity index (χ0v) is 8.16. The number of esters is 1. The second-order valence-electron chi connectivity index (χ2n) is 2.13. The molecule has 0 radical (unpaired) electrons. The molecule has 74 valence electrons. The van der Waals surface area contributed by atoms with Gasteiger partial charge in [-0.2, -0.15) is 0 Å². The Balaban J connectivity index is 0. The topological polar surface area (TPSA) is 43.4 Å². The van der Waals surface area contributed by atoms with Gasteiger partial charge in [-0.15, -0.1) is 0 Å². The summed E-state index contributed by atoms with van der Waals surface area (Å²) in [6.07, 6.45) is 7.43. The summed E-state index contributed by atoms with van der Waals surface area (Å²) in [5.41, 5.74) is 0. The van der Waals surface area contributed by atoms with E-state index in [2.05, 4.69) is 18.2 Å². The summed E-state index contributed by atoms with van der Waals surface area (Å²) in [4.78, 5) is 19.3. The molecule has 0 saturated carbocycles. The third-order valence-electron chi connectivity index (χ3n) is 0.919. The van der Waals surface area contributed by atoms with Gasteiger partial charge in [-0.05, 0) is 12.5 Å². The minimum atomic E-state index is -0.329. The summed E-state index contributed by atoms with van der Waals surface area (Å²) < 4.78 is 4.17. The van der Waals surface area contributed by atoms with Crippen LogP contribution in [0.5, 0.6) is 0 Å². The fourth-order valence-electron chi connectivity index (χ4n) is 0.436. The van der Waals surface area contributed by atoms with Crippen molar-refractivity contribution in [3.63, 3.8) is 0 Å². The number of unbranched alkanes of at least 4 members (excludes halogenated alkanes) is 1. The van der Waals surface area contributed by atoms with Crippen molar-refractivity contribution in [1.82, 2.24) is 0 Å². The molecule has 0 amide bonds. The zero-order chi connectivity index (χ0) is 10.5. The summed E-state index contributed by atoms with van der Waals surface area (Å²) >= 11 is 0. The first-order valence-electron chi connectivity index (χ1n) is 4.07. The van der Waals surface area contributed by atoms with Gasteiger partial charge in [0.15, 0.2) is 0 Å². The lowest BCUT2D eigenvalue weighted by Gasteiger charge is -1.83. The first-order valence-corrected chi connectivity index (χ1v) is 4.07. The van der Waals surface area contributed by atoms with Crippen LogP contribution in [0.4, 0.5) is 0 Å². The fraction of sp³-hybridized carbons (Fsp3) is 0.400. The quantitative estimate of drug-likeness (QED) is 0.291. The Morgan fingerprint density at radius 3 is 2.38 bits per heavy atom. The smallest absolute Gasteiger partial charge is 0.307 e. The monoisotopic (exact) mass is 184 g/mol. The molecule has 0 spiro atoms. The summed E-state index contributed by atoms with van der Waals surface area (Å²) in [6, 6.07) is 0. The molecule has 0 N–H and O–H groups in total. The molecule has 3 nitrogen and oxygen atoms in total. The number of rotatable bonds is 4. The van der Waals surface area contributed by atoms with E-state index in [4.69, 9.17) is 0 Å². The van der Waals surface area contributed by atoms with Crippen LogP contribution in [0.15, 0.2) is 25.0 Å². The van der Waals surface area contributed by atoms with E-state index in [1.165, 1.54) is 13.0 Å². The molecule has 0 heterocycles. The van der Waals surface area contributed by atoms with E-state index in [1.54, 1.807) is 0 Å². The lowest BCUT2D eigenvalue weighted by atomic mass is 10.3. The van der Waals surface area contributed by atoms with Crippen LogP contribution in [0.25, 0.3) is 0 Å². The van der Waals surface area contributed by atoms with Crippen LogP contribution >= 0.6 is 0 Å². The summed E-state index contributed by atoms with van der Waals surface area (Å²) in [7, 11) is 0. The van der Waals surface area contributed by atoms with Crippen molar-refractivity contribution in [3.05, 3.63) is 25.0 Å². The minimum absolute atomic E-state index is 0.329. The molecular weight excluding hydrogens is 168 g/mol. The third kappa shape index (κ3) is 25.0. The molecule has 0 aromatic carbocycles. The Bertz CT molecular complexity index is 171. The predicted molar refractivity (Wildman–Crippen MR) is 52.1 cm³/mol. The average molecular weight is 184 g/mol. The van der Waals surface area contributed by atoms with Gasteiger partial charge in [-0.1, -0.05) is 26.0 Å². The van der Waals surface area contributed by atoms with Crippen molar-refractivity contribution >= 4 is 12.3 Å². The van der Waals surface area contributed by atoms with Crippen molar-refractivity contribution in [2.75, 3.05) is 0 Å². The van der Waals surface area contributed by atoms with Crippen LogP contribution in [-0.4, -0.2) is 12.3 Å². The van der Waals surface area contributed by atoms with E-state index >= 15 is 0 Å². The fourth-order valence-corrected chi connectivity index (χ4v) is 0.436. The molecule has 0 aliphatic heterocycles. The number of carbonyl (C=O) groups is 2. The van der Waals surface area contributed by atoms with Gasteiger partial charge in [0, 0.05) is 6.92 Å². The molecule has 0 unspecified atom stereocenters. The highest BCUT2D eigenvalue weighted by Gasteiger charge is 1.79. The number of aldehydes is 1. The van der Waals surface area contributed by atoms with Crippen LogP contribution < -0.4 is 0 Å². The van der Waals surface area contributed by atoms with Crippen molar-refractivity contribution in [2.24, 2.45) is 0 Å². The van der Waals surface area contributed by atoms with Gasteiger partial charge in [-0.25, -0.2) is 0 Å². The lowest BCUT2D eigenvalue weighted by Crippen LogP contribution is -1.87. The average Bonchev–Trinajstić information content (AvgIpc) is 2.06. The van der Waals surface area contributed by atoms with Crippen LogP contribution in [0, 0.1) is 0 Å². The number of carbonyl (C=O) groups excluding carboxylic acids is 2. The van der Waals surface area contributed by atoms with Crippen molar-refractivity contribution in [2.45, 2.75) is 26.7 Å². The highest BCUT2D eigenvalue weighted by Crippen LogP contribution is 1.85. The molecule has 0 rings (SSSR count). The molecule has 0 saturated heterocycles. The van der Waals surface area contributed by atoms with Gasteiger partial charge >= 0.3 is 5.97 Å². The SMILES string of the molecule is C=COC(C)=O.CCCC=CC=O. The van der Waals surface area contributed by atoms with E-state index < -0.39 is 0 Å². The molecule has 0 aliphatic carbocycles. The number of hydrogen-bond acceptors (Lipinski definition) is 3. The second kappa shape index (κ2) is 13.2. The maximum absolute atomic E-state index is 9.75. The normalized spacial score (nSPS) is 8.46. The van der Waals surface area contributed by atoms with Gasteiger partial charge in [-0.3, -0.25) is 9.59 Å². The molecule has 3 heteroatoms. The summed E-state index contributed by atoms with van der Waals surface area (Å²) in [5.74, 6) is -0.329. The minimum Gasteiger partial charge on any atom is -0.435 e. The Labute approximate surface area is 79.1 Å². The largest absolute Gasteiger partial charge is 0.435 e. The van der Waals surface area contributed by atoms with Crippen molar-refractivity contribution in [3.8, 4) is 0 Å². The Morgan fingerprint density at radius 1 is 1.54 bits per heavy atom. The first-order chi connectivity index (χ1) is 6.18. The van der Waals surface area contributed by atoms with Gasteiger partial charge in [0.2, 0.25) is 0 Å². The molecule has 0 atom stereocenters. The number of allylic oxidation sites excluding steroid dienone is 2. The van der Waals surface area contributed by atoms with Crippen LogP contribution in [-0.2, 0) is 14.3 Å². The van der Waals surface area contributed by atoms with Gasteiger partial charge in [0.25, 0.3) is 0 Å². The molecule has 0 aromatic heterocycles. The standard InChI is InChI=1S/C6H10O.C4H6O2/c1-2-3-4-5-6-7;1-3-6-4(2)5/h4-6H,2-3H2,1H3;3H,1H2,2H3. The Hall–Kier alpha value is -1.38. The van der Waals surface area contributed by atoms with E-state index in [0.717, 1.165) is 25.4 Å². The highest BCUT2D eigenvalue weighted by molar-refractivity contribution is 5.66. The van der Waals surface area contributed by atoms with Crippen molar-refractivity contribution in [1.29, 1.82) is 0 Å². The lowest BCUT2D eigenvalue weighted by molar-refractivity contribution is -0.135. The predicted octanol–water partition coefficient (Wildman–Crippen LogP) is 2.23. The van der Waals surface area contributed by atoms with E-state index in [9.17, 15) is 9.59 Å². The molecule has 0 aromatic rings. The molecular formula is C10H16O3. The highest BCUT2D eigenvalue weighted by atomic mass is 16.5. The summed E-state index contributed by atoms with van der Waals surface area (Å²) in [5, 5.41) is 0. The van der Waals surface area contributed by atoms with E-state index in [-0.39, 0.29) is 5.97 Å². The molecule has 0 bridgehead atoms. The molecule has 0 fully saturated rings. The van der Waals surface area contributed by atoms with Gasteiger partial charge in [0.05, 0.1) is 6.26 Å². The second-order valence-corrected chi connectivity index (χ2v) is 2.13.